The zero-order valence-electron chi connectivity index (χ0n) is 26.2. The van der Waals surface area contributed by atoms with Gasteiger partial charge in [0.25, 0.3) is 0 Å². The van der Waals surface area contributed by atoms with Crippen molar-refractivity contribution in [1.82, 2.24) is 20.1 Å². The third kappa shape index (κ3) is 6.57. The fraction of sp³-hybridized carbons (Fsp3) is 0.286. The number of carbonyl (C=O) groups excluding carboxylic acids is 4. The van der Waals surface area contributed by atoms with Crippen molar-refractivity contribution >= 4 is 52.0 Å². The van der Waals surface area contributed by atoms with Crippen molar-refractivity contribution in [2.75, 3.05) is 19.6 Å². The average molecular weight is 655 g/mol. The molecule has 3 heterocycles. The molecule has 4 aromatic rings. The highest BCUT2D eigenvalue weighted by atomic mass is 35.5. The molecule has 1 aromatic heterocycles. The minimum Gasteiger partial charge on any atom is -0.487 e. The number of hydrogen-bond acceptors (Lipinski definition) is 6. The first-order chi connectivity index (χ1) is 22.4. The van der Waals surface area contributed by atoms with Crippen LogP contribution >= 0.6 is 11.6 Å². The summed E-state index contributed by atoms with van der Waals surface area (Å²) in [6.45, 7) is 6.12. The Morgan fingerprint density at radius 3 is 2.51 bits per heavy atom. The van der Waals surface area contributed by atoms with Crippen molar-refractivity contribution in [1.29, 1.82) is 0 Å². The number of para-hydroxylation sites is 1. The van der Waals surface area contributed by atoms with Gasteiger partial charge in [-0.15, -0.1) is 0 Å². The number of rotatable bonds is 7. The molecule has 4 N–H and O–H groups in total. The molecular weight excluding hydrogens is 620 g/mol. The summed E-state index contributed by atoms with van der Waals surface area (Å²) in [5, 5.41) is 4.27. The van der Waals surface area contributed by atoms with Crippen molar-refractivity contribution in [2.45, 2.75) is 44.9 Å². The zero-order valence-corrected chi connectivity index (χ0v) is 27.0. The molecule has 1 saturated heterocycles. The van der Waals surface area contributed by atoms with Gasteiger partial charge < -0.3 is 25.7 Å². The molecule has 2 atom stereocenters. The van der Waals surface area contributed by atoms with E-state index in [1.54, 1.807) is 35.2 Å². The molecule has 242 valence electrons. The monoisotopic (exact) mass is 654 g/mol. The van der Waals surface area contributed by atoms with Gasteiger partial charge in [0.1, 0.15) is 29.8 Å². The van der Waals surface area contributed by atoms with E-state index in [4.69, 9.17) is 27.1 Å². The fourth-order valence-electron chi connectivity index (χ4n) is 6.03. The molecule has 47 heavy (non-hydrogen) atoms. The van der Waals surface area contributed by atoms with Gasteiger partial charge in [0.15, 0.2) is 5.78 Å². The first kappa shape index (κ1) is 31.8. The quantitative estimate of drug-likeness (QED) is 0.186. The second-order valence-electron chi connectivity index (χ2n) is 12.6. The number of ketones is 1. The Morgan fingerprint density at radius 1 is 1.06 bits per heavy atom. The molecule has 3 aromatic carbocycles. The lowest BCUT2D eigenvalue weighted by molar-refractivity contribution is -0.123. The second kappa shape index (κ2) is 12.6. The lowest BCUT2D eigenvalue weighted by Crippen LogP contribution is -2.55. The van der Waals surface area contributed by atoms with Crippen LogP contribution in [0.2, 0.25) is 5.02 Å². The average Bonchev–Trinajstić information content (AvgIpc) is 3.62. The number of hydrogen-bond donors (Lipinski definition) is 3. The molecule has 1 fully saturated rings. The van der Waals surface area contributed by atoms with Gasteiger partial charge in [-0.2, -0.15) is 0 Å². The fourth-order valence-corrected chi connectivity index (χ4v) is 6.15. The van der Waals surface area contributed by atoms with Gasteiger partial charge in [0.2, 0.25) is 11.8 Å². The number of amidine groups is 1. The summed E-state index contributed by atoms with van der Waals surface area (Å²) in [5.41, 5.74) is 7.88. The van der Waals surface area contributed by atoms with E-state index >= 15 is 0 Å². The van der Waals surface area contributed by atoms with E-state index in [0.717, 1.165) is 22.0 Å². The molecule has 0 saturated carbocycles. The van der Waals surface area contributed by atoms with Crippen molar-refractivity contribution in [3.63, 3.8) is 0 Å². The number of benzene rings is 3. The summed E-state index contributed by atoms with van der Waals surface area (Å²) in [6, 6.07) is 18.3. The largest absolute Gasteiger partial charge is 0.487 e. The number of aromatic amines is 1. The minimum absolute atomic E-state index is 0.111. The predicted octanol–water partition coefficient (Wildman–Crippen LogP) is 5.15. The third-order valence-electron chi connectivity index (χ3n) is 8.03. The van der Waals surface area contributed by atoms with E-state index in [0.29, 0.717) is 35.3 Å². The van der Waals surface area contributed by atoms with Gasteiger partial charge in [-0.1, -0.05) is 48.0 Å². The number of nitrogens with one attached hydrogen (secondary N) is 2. The van der Waals surface area contributed by atoms with Crippen LogP contribution in [-0.2, 0) is 9.59 Å². The molecule has 11 nitrogen and oxygen atoms in total. The van der Waals surface area contributed by atoms with Gasteiger partial charge in [0.05, 0.1) is 18.0 Å². The number of carbonyl (C=O) groups is 4. The topological polar surface area (TPSA) is 150 Å². The van der Waals surface area contributed by atoms with Crippen LogP contribution < -0.4 is 15.8 Å². The number of H-pyrrole nitrogens is 1. The van der Waals surface area contributed by atoms with Crippen LogP contribution in [0.4, 0.5) is 4.79 Å². The van der Waals surface area contributed by atoms with Crippen LogP contribution in [0.25, 0.3) is 10.9 Å². The van der Waals surface area contributed by atoms with Gasteiger partial charge in [-0.05, 0) is 56.7 Å². The Labute approximate surface area is 276 Å². The SMILES string of the molecule is CC(C)(C)Oc1cc(C(=O)CC(N)=O)ccc1C1=N[C@@H](c2c[nH]c3ccccc23)[C@@H](c2ccc(Cl)cc2)N1C(=O)N1CCNC(=O)C1. The molecule has 0 radical (unpaired) electrons. The summed E-state index contributed by atoms with van der Waals surface area (Å²) < 4.78 is 6.40. The highest BCUT2D eigenvalue weighted by Gasteiger charge is 2.46. The summed E-state index contributed by atoms with van der Waals surface area (Å²) in [7, 11) is 0. The smallest absolute Gasteiger partial charge is 0.326 e. The highest BCUT2D eigenvalue weighted by molar-refractivity contribution is 6.30. The van der Waals surface area contributed by atoms with Crippen molar-refractivity contribution in [2.24, 2.45) is 10.7 Å². The Morgan fingerprint density at radius 2 is 1.81 bits per heavy atom. The van der Waals surface area contributed by atoms with Gasteiger partial charge >= 0.3 is 6.03 Å². The van der Waals surface area contributed by atoms with Gasteiger partial charge in [-0.25, -0.2) is 4.79 Å². The van der Waals surface area contributed by atoms with E-state index in [1.165, 1.54) is 4.90 Å². The summed E-state index contributed by atoms with van der Waals surface area (Å²) in [6.07, 6.45) is 1.44. The normalized spacial score (nSPS) is 18.2. The molecule has 0 bridgehead atoms. The van der Waals surface area contributed by atoms with Crippen molar-refractivity contribution in [3.05, 3.63) is 100 Å². The molecule has 0 unspecified atom stereocenters. The van der Waals surface area contributed by atoms with Gasteiger partial charge in [0, 0.05) is 46.3 Å². The molecule has 2 aliphatic heterocycles. The molecule has 0 aliphatic carbocycles. The molecule has 4 amide bonds. The molecule has 12 heteroatoms. The van der Waals surface area contributed by atoms with Crippen molar-refractivity contribution in [3.8, 4) is 5.75 Å². The Kier molecular flexibility index (Phi) is 8.50. The summed E-state index contributed by atoms with van der Waals surface area (Å²) in [4.78, 5) is 63.3. The number of ether oxygens (including phenoxy) is 1. The minimum atomic E-state index is -0.743. The maximum absolute atomic E-state index is 14.7. The van der Waals surface area contributed by atoms with Crippen LogP contribution in [0.1, 0.15) is 66.3 Å². The standard InChI is InChI=1S/C35H35ClN6O5/c1-35(2,3)47-28-16-21(27(43)17-29(37)44)10-13-24(28)33-40-31(25-18-39-26-7-5-4-6-23(25)26)32(20-8-11-22(36)12-9-20)42(33)34(46)41-15-14-38-30(45)19-41/h4-13,16,18,31-32,39H,14-15,17,19H2,1-3H3,(H2,37,44)(H,38,45)/t31-,32+/m0/s1. The van der Waals surface area contributed by atoms with E-state index in [2.05, 4.69) is 10.3 Å². The number of urea groups is 1. The van der Waals surface area contributed by atoms with E-state index < -0.39 is 41.8 Å². The second-order valence-corrected chi connectivity index (χ2v) is 13.0. The number of aromatic nitrogens is 1. The highest BCUT2D eigenvalue weighted by Crippen LogP contribution is 2.47. The van der Waals surface area contributed by atoms with Crippen LogP contribution in [0, 0.1) is 0 Å². The Bertz CT molecular complexity index is 1910. The summed E-state index contributed by atoms with van der Waals surface area (Å²) in [5.74, 6) is -0.849. The lowest BCUT2D eigenvalue weighted by Gasteiger charge is -2.36. The number of nitrogens with two attached hydrogens (primary N) is 1. The molecule has 0 spiro atoms. The third-order valence-corrected chi connectivity index (χ3v) is 8.28. The van der Waals surface area contributed by atoms with Gasteiger partial charge in [-0.3, -0.25) is 24.3 Å². The predicted molar refractivity (Wildman–Crippen MR) is 179 cm³/mol. The summed E-state index contributed by atoms with van der Waals surface area (Å²) >= 11 is 6.31. The Balaban J connectivity index is 1.58. The first-order valence-electron chi connectivity index (χ1n) is 15.3. The van der Waals surface area contributed by atoms with Crippen LogP contribution in [-0.4, -0.2) is 69.5 Å². The maximum atomic E-state index is 14.7. The number of amides is 4. The van der Waals surface area contributed by atoms with E-state index in [1.807, 2.05) is 63.4 Å². The number of nitrogens with zero attached hydrogens (tertiary/aromatic N) is 3. The molecular formula is C35H35ClN6O5. The van der Waals surface area contributed by atoms with E-state index in [-0.39, 0.29) is 18.0 Å². The lowest BCUT2D eigenvalue weighted by atomic mass is 9.93. The zero-order chi connectivity index (χ0) is 33.5. The number of halogens is 1. The number of Topliss-reactive ketones (excluding diaryl/α,β-unsaturated/α-hetero) is 1. The maximum Gasteiger partial charge on any atom is 0.326 e. The first-order valence-corrected chi connectivity index (χ1v) is 15.7. The van der Waals surface area contributed by atoms with E-state index in [9.17, 15) is 19.2 Å². The van der Waals surface area contributed by atoms with Crippen LogP contribution in [0.15, 0.2) is 77.9 Å². The molecule has 6 rings (SSSR count). The van der Waals surface area contributed by atoms with Crippen LogP contribution in [0.5, 0.6) is 5.75 Å². The van der Waals surface area contributed by atoms with Crippen molar-refractivity contribution < 1.29 is 23.9 Å². The number of piperazine rings is 1. The Hall–Kier alpha value is -5.16. The molecule has 2 aliphatic rings. The number of primary amides is 1. The number of aliphatic imine (C=N–C) groups is 1. The number of fused-ring (bicyclic) bond motifs is 1. The van der Waals surface area contributed by atoms with Crippen LogP contribution in [0.3, 0.4) is 0 Å².